The quantitative estimate of drug-likeness (QED) is 0.720. The molecule has 0 atom stereocenters. The van der Waals surface area contributed by atoms with Gasteiger partial charge in [0, 0.05) is 23.0 Å². The Morgan fingerprint density at radius 3 is 2.59 bits per heavy atom. The predicted molar refractivity (Wildman–Crippen MR) is 85.7 cm³/mol. The molecule has 0 aliphatic carbocycles. The largest absolute Gasteiger partial charge is 0.313 e. The summed E-state index contributed by atoms with van der Waals surface area (Å²) in [6.45, 7) is 0.622. The molecule has 3 aromatic rings. The fourth-order valence-corrected chi connectivity index (χ4v) is 3.25. The van der Waals surface area contributed by atoms with Crippen LogP contribution >= 0.6 is 23.4 Å². The molecule has 0 radical (unpaired) electrons. The molecule has 0 saturated carbocycles. The van der Waals surface area contributed by atoms with Gasteiger partial charge in [-0.2, -0.15) is 0 Å². The van der Waals surface area contributed by atoms with Gasteiger partial charge in [-0.3, -0.25) is 4.57 Å². The van der Waals surface area contributed by atoms with E-state index < -0.39 is 0 Å². The second-order valence-electron chi connectivity index (χ2n) is 4.74. The molecule has 1 aliphatic heterocycles. The van der Waals surface area contributed by atoms with E-state index in [0.29, 0.717) is 17.6 Å². The molecule has 1 aliphatic rings. The van der Waals surface area contributed by atoms with Gasteiger partial charge in [0.1, 0.15) is 6.67 Å². The van der Waals surface area contributed by atoms with E-state index in [1.807, 2.05) is 30.3 Å². The Morgan fingerprint density at radius 1 is 1.05 bits per heavy atom. The summed E-state index contributed by atoms with van der Waals surface area (Å²) in [4.78, 5) is 10.7. The molecule has 0 saturated heterocycles. The van der Waals surface area contributed by atoms with Crippen molar-refractivity contribution in [2.75, 3.05) is 10.8 Å². The van der Waals surface area contributed by atoms with E-state index in [0.717, 1.165) is 22.4 Å². The summed E-state index contributed by atoms with van der Waals surface area (Å²) in [7, 11) is 0. The van der Waals surface area contributed by atoms with Gasteiger partial charge in [0.05, 0.1) is 5.88 Å². The first-order valence-electron chi connectivity index (χ1n) is 6.65. The van der Waals surface area contributed by atoms with Crippen LogP contribution in [-0.2, 0) is 6.67 Å². The Morgan fingerprint density at radius 2 is 1.82 bits per heavy atom. The number of halogens is 1. The fourth-order valence-electron chi connectivity index (χ4n) is 2.26. The number of benzene rings is 1. The third-order valence-corrected chi connectivity index (χ3v) is 4.57. The molecule has 2 aromatic heterocycles. The van der Waals surface area contributed by atoms with Gasteiger partial charge >= 0.3 is 0 Å². The molecule has 4 rings (SSSR count). The highest BCUT2D eigenvalue weighted by Gasteiger charge is 2.23. The van der Waals surface area contributed by atoms with E-state index >= 15 is 0 Å². The van der Waals surface area contributed by atoms with Crippen LogP contribution in [0.3, 0.4) is 0 Å². The number of nitrogens with zero attached hydrogens (tertiary/aromatic N) is 6. The van der Waals surface area contributed by atoms with E-state index in [4.69, 9.17) is 11.6 Å². The van der Waals surface area contributed by atoms with E-state index in [1.54, 1.807) is 24.2 Å². The van der Waals surface area contributed by atoms with Gasteiger partial charge < -0.3 is 4.90 Å². The number of hydrogen-bond donors (Lipinski definition) is 0. The molecule has 0 N–H and O–H groups in total. The number of rotatable bonds is 2. The van der Waals surface area contributed by atoms with Crippen LogP contribution in [0, 0.1) is 0 Å². The molecule has 110 valence electrons. The van der Waals surface area contributed by atoms with Gasteiger partial charge in [0.15, 0.2) is 11.0 Å². The van der Waals surface area contributed by atoms with E-state index in [-0.39, 0.29) is 0 Å². The molecule has 0 amide bonds. The van der Waals surface area contributed by atoms with Gasteiger partial charge in [0.2, 0.25) is 5.95 Å². The smallest absolute Gasteiger partial charge is 0.227 e. The Kier molecular flexibility index (Phi) is 3.44. The summed E-state index contributed by atoms with van der Waals surface area (Å²) < 4.78 is 2.06. The molecular weight excluding hydrogens is 320 g/mol. The van der Waals surface area contributed by atoms with Gasteiger partial charge in [-0.15, -0.1) is 10.2 Å². The van der Waals surface area contributed by atoms with Crippen molar-refractivity contribution in [1.29, 1.82) is 0 Å². The van der Waals surface area contributed by atoms with Crippen LogP contribution in [0.4, 0.5) is 5.95 Å². The second-order valence-corrected chi connectivity index (χ2v) is 6.09. The maximum Gasteiger partial charge on any atom is 0.227 e. The molecule has 0 bridgehead atoms. The minimum atomic E-state index is 0.622. The van der Waals surface area contributed by atoms with Crippen molar-refractivity contribution in [2.45, 2.75) is 11.8 Å². The summed E-state index contributed by atoms with van der Waals surface area (Å²) in [5.41, 5.74) is 0.986. The van der Waals surface area contributed by atoms with Crippen LogP contribution in [0.15, 0.2) is 47.9 Å². The van der Waals surface area contributed by atoms with Crippen LogP contribution in [0.25, 0.3) is 11.4 Å². The molecule has 22 heavy (non-hydrogen) atoms. The maximum atomic E-state index is 5.95. The first-order valence-corrected chi connectivity index (χ1v) is 8.01. The molecule has 8 heteroatoms. The van der Waals surface area contributed by atoms with E-state index in [2.05, 4.69) is 29.6 Å². The molecule has 6 nitrogen and oxygen atoms in total. The summed E-state index contributed by atoms with van der Waals surface area (Å²) in [6.07, 6.45) is 3.49. The SMILES string of the molecule is Clc1ccc(-c2nnc3n2CN(c2ncccn2)CS3)cc1. The fraction of sp³-hybridized carbons (Fsp3) is 0.143. The number of thioether (sulfide) groups is 1. The van der Waals surface area contributed by atoms with E-state index in [1.165, 1.54) is 0 Å². The Hall–Kier alpha value is -2.12. The third-order valence-electron chi connectivity index (χ3n) is 3.32. The topological polar surface area (TPSA) is 59.7 Å². The van der Waals surface area contributed by atoms with Crippen molar-refractivity contribution in [3.8, 4) is 11.4 Å². The molecule has 1 aromatic carbocycles. The Balaban J connectivity index is 1.69. The van der Waals surface area contributed by atoms with Crippen LogP contribution in [0.5, 0.6) is 0 Å². The summed E-state index contributed by atoms with van der Waals surface area (Å²) in [5, 5.41) is 10.2. The summed E-state index contributed by atoms with van der Waals surface area (Å²) in [5.74, 6) is 2.28. The Bertz CT molecular complexity index is 789. The number of hydrogen-bond acceptors (Lipinski definition) is 6. The highest BCUT2D eigenvalue weighted by atomic mass is 35.5. The lowest BCUT2D eigenvalue weighted by molar-refractivity contribution is 0.597. The van der Waals surface area contributed by atoms with Crippen LogP contribution in [-0.4, -0.2) is 30.6 Å². The second kappa shape index (κ2) is 5.58. The van der Waals surface area contributed by atoms with E-state index in [9.17, 15) is 0 Å². The average molecular weight is 331 g/mol. The third kappa shape index (κ3) is 2.42. The van der Waals surface area contributed by atoms with Crippen molar-refractivity contribution in [3.63, 3.8) is 0 Å². The van der Waals surface area contributed by atoms with Crippen LogP contribution < -0.4 is 4.90 Å². The normalized spacial score (nSPS) is 14.0. The molecular formula is C14H11ClN6S. The lowest BCUT2D eigenvalue weighted by atomic mass is 10.2. The first-order chi connectivity index (χ1) is 10.8. The van der Waals surface area contributed by atoms with Gasteiger partial charge in [-0.1, -0.05) is 23.4 Å². The number of fused-ring (bicyclic) bond motifs is 1. The van der Waals surface area contributed by atoms with Crippen molar-refractivity contribution < 1.29 is 0 Å². The lowest BCUT2D eigenvalue weighted by Gasteiger charge is -2.27. The molecule has 0 spiro atoms. The minimum Gasteiger partial charge on any atom is -0.313 e. The van der Waals surface area contributed by atoms with Gasteiger partial charge in [0.25, 0.3) is 0 Å². The predicted octanol–water partition coefficient (Wildman–Crippen LogP) is 2.92. The monoisotopic (exact) mass is 330 g/mol. The molecule has 0 unspecified atom stereocenters. The standard InChI is InChI=1S/C14H11ClN6S/c15-11-4-2-10(3-5-11)12-18-19-14-21(12)8-20(9-22-14)13-16-6-1-7-17-13/h1-7H,8-9H2. The zero-order valence-corrected chi connectivity index (χ0v) is 13.0. The number of anilines is 1. The summed E-state index contributed by atoms with van der Waals surface area (Å²) >= 11 is 7.57. The Labute approximate surface area is 136 Å². The van der Waals surface area contributed by atoms with Crippen molar-refractivity contribution >= 4 is 29.3 Å². The summed E-state index contributed by atoms with van der Waals surface area (Å²) in [6, 6.07) is 9.41. The van der Waals surface area contributed by atoms with Crippen LogP contribution in [0.1, 0.15) is 0 Å². The van der Waals surface area contributed by atoms with Crippen molar-refractivity contribution in [2.24, 2.45) is 0 Å². The first kappa shape index (κ1) is 13.5. The average Bonchev–Trinajstić information content (AvgIpc) is 2.99. The highest BCUT2D eigenvalue weighted by Crippen LogP contribution is 2.30. The van der Waals surface area contributed by atoms with Crippen LogP contribution in [0.2, 0.25) is 5.02 Å². The highest BCUT2D eigenvalue weighted by molar-refractivity contribution is 7.99. The molecule has 0 fully saturated rings. The van der Waals surface area contributed by atoms with Crippen molar-refractivity contribution in [1.82, 2.24) is 24.7 Å². The zero-order chi connectivity index (χ0) is 14.9. The zero-order valence-electron chi connectivity index (χ0n) is 11.4. The maximum absolute atomic E-state index is 5.95. The number of aromatic nitrogens is 5. The van der Waals surface area contributed by atoms with Gasteiger partial charge in [-0.25, -0.2) is 9.97 Å². The molecule has 3 heterocycles. The van der Waals surface area contributed by atoms with Gasteiger partial charge in [-0.05, 0) is 30.3 Å². The minimum absolute atomic E-state index is 0.622. The van der Waals surface area contributed by atoms with Crippen molar-refractivity contribution in [3.05, 3.63) is 47.7 Å². The lowest BCUT2D eigenvalue weighted by Crippen LogP contribution is -2.31.